The van der Waals surface area contributed by atoms with Gasteiger partial charge in [0.15, 0.2) is 12.4 Å². The zero-order chi connectivity index (χ0) is 20.5. The van der Waals surface area contributed by atoms with Crippen molar-refractivity contribution in [2.45, 2.75) is 19.4 Å². The van der Waals surface area contributed by atoms with E-state index in [1.807, 2.05) is 0 Å². The largest absolute Gasteiger partial charge is 0.496 e. The third-order valence-corrected chi connectivity index (χ3v) is 4.47. The van der Waals surface area contributed by atoms with Gasteiger partial charge in [0.2, 0.25) is 5.91 Å². The molecule has 0 saturated heterocycles. The number of nitrogens with zero attached hydrogens (tertiary/aromatic N) is 2. The maximum absolute atomic E-state index is 12.9. The quantitative estimate of drug-likeness (QED) is 0.626. The van der Waals surface area contributed by atoms with E-state index in [9.17, 15) is 19.7 Å². The first-order chi connectivity index (χ1) is 13.3. The topological polar surface area (TPSA) is 111 Å². The standard InChI is InChI=1S/C19H19N3O6/c1-19(2)18(24)20-13-6-4-5-7-14(13)21(19)17(23)11-28-16-9-8-12(27-3)10-15(16)22(25)26/h4-10H,11H2,1-3H3,(H,20,24). The van der Waals surface area contributed by atoms with Gasteiger partial charge in [-0.05, 0) is 38.1 Å². The summed E-state index contributed by atoms with van der Waals surface area (Å²) in [5.41, 5.74) is -0.426. The first-order valence-electron chi connectivity index (χ1n) is 8.44. The molecular weight excluding hydrogens is 366 g/mol. The molecule has 9 heteroatoms. The summed E-state index contributed by atoms with van der Waals surface area (Å²) in [4.78, 5) is 37.4. The highest BCUT2D eigenvalue weighted by Gasteiger charge is 2.43. The van der Waals surface area contributed by atoms with Crippen molar-refractivity contribution in [3.8, 4) is 11.5 Å². The number of carbonyl (C=O) groups excluding carboxylic acids is 2. The van der Waals surface area contributed by atoms with Crippen molar-refractivity contribution in [1.82, 2.24) is 0 Å². The van der Waals surface area contributed by atoms with Crippen LogP contribution in [0, 0.1) is 10.1 Å². The number of ether oxygens (including phenoxy) is 2. The maximum Gasteiger partial charge on any atom is 0.314 e. The molecule has 0 radical (unpaired) electrons. The summed E-state index contributed by atoms with van der Waals surface area (Å²) in [6.07, 6.45) is 0. The highest BCUT2D eigenvalue weighted by Crippen LogP contribution is 2.37. The summed E-state index contributed by atoms with van der Waals surface area (Å²) < 4.78 is 10.4. The number of nitrogens with one attached hydrogen (secondary N) is 1. The minimum Gasteiger partial charge on any atom is -0.496 e. The minimum atomic E-state index is -1.15. The number of benzene rings is 2. The highest BCUT2D eigenvalue weighted by atomic mass is 16.6. The van der Waals surface area contributed by atoms with Crippen LogP contribution in [-0.4, -0.2) is 36.0 Å². The van der Waals surface area contributed by atoms with Gasteiger partial charge in [-0.2, -0.15) is 0 Å². The molecule has 2 amide bonds. The van der Waals surface area contributed by atoms with Crippen LogP contribution in [-0.2, 0) is 9.59 Å². The Kier molecular flexibility index (Phi) is 4.91. The minimum absolute atomic E-state index is 0.0632. The fraction of sp³-hybridized carbons (Fsp3) is 0.263. The normalized spacial score (nSPS) is 14.7. The van der Waals surface area contributed by atoms with E-state index in [4.69, 9.17) is 9.47 Å². The maximum atomic E-state index is 12.9. The number of rotatable bonds is 5. The molecule has 1 aliphatic heterocycles. The van der Waals surface area contributed by atoms with Crippen LogP contribution in [0.15, 0.2) is 42.5 Å². The first kappa shape index (κ1) is 19.2. The highest BCUT2D eigenvalue weighted by molar-refractivity contribution is 6.14. The summed E-state index contributed by atoms with van der Waals surface area (Å²) in [6.45, 7) is 2.76. The number of para-hydroxylation sites is 2. The van der Waals surface area contributed by atoms with Crippen molar-refractivity contribution in [2.24, 2.45) is 0 Å². The Morgan fingerprint density at radius 1 is 1.25 bits per heavy atom. The predicted octanol–water partition coefficient (Wildman–Crippen LogP) is 2.75. The van der Waals surface area contributed by atoms with E-state index in [-0.39, 0.29) is 17.3 Å². The summed E-state index contributed by atoms with van der Waals surface area (Å²) >= 11 is 0. The molecule has 0 aliphatic carbocycles. The van der Waals surface area contributed by atoms with Crippen molar-refractivity contribution in [2.75, 3.05) is 23.9 Å². The molecule has 0 aromatic heterocycles. The van der Waals surface area contributed by atoms with Gasteiger partial charge in [0, 0.05) is 0 Å². The fourth-order valence-corrected chi connectivity index (χ4v) is 2.99. The second-order valence-corrected chi connectivity index (χ2v) is 6.64. The lowest BCUT2D eigenvalue weighted by Crippen LogP contribution is -2.59. The van der Waals surface area contributed by atoms with Crippen LogP contribution < -0.4 is 19.7 Å². The van der Waals surface area contributed by atoms with E-state index >= 15 is 0 Å². The van der Waals surface area contributed by atoms with Crippen molar-refractivity contribution in [1.29, 1.82) is 0 Å². The molecule has 1 N–H and O–H groups in total. The Morgan fingerprint density at radius 2 is 1.96 bits per heavy atom. The molecule has 146 valence electrons. The predicted molar refractivity (Wildman–Crippen MR) is 102 cm³/mol. The third kappa shape index (κ3) is 3.34. The molecule has 0 saturated carbocycles. The first-order valence-corrected chi connectivity index (χ1v) is 8.44. The third-order valence-electron chi connectivity index (χ3n) is 4.47. The Balaban J connectivity index is 1.87. The monoisotopic (exact) mass is 385 g/mol. The number of anilines is 2. The van der Waals surface area contributed by atoms with Crippen LogP contribution in [0.2, 0.25) is 0 Å². The molecule has 3 rings (SSSR count). The van der Waals surface area contributed by atoms with Crippen LogP contribution >= 0.6 is 0 Å². The summed E-state index contributed by atoms with van der Waals surface area (Å²) in [5.74, 6) is -0.604. The molecule has 0 bridgehead atoms. The summed E-state index contributed by atoms with van der Waals surface area (Å²) in [6, 6.07) is 11.0. The van der Waals surface area contributed by atoms with E-state index < -0.39 is 23.0 Å². The van der Waals surface area contributed by atoms with Gasteiger partial charge < -0.3 is 14.8 Å². The number of hydrogen-bond donors (Lipinski definition) is 1. The van der Waals surface area contributed by atoms with Crippen molar-refractivity contribution in [3.05, 3.63) is 52.6 Å². The van der Waals surface area contributed by atoms with Crippen molar-refractivity contribution in [3.63, 3.8) is 0 Å². The van der Waals surface area contributed by atoms with E-state index in [2.05, 4.69) is 5.32 Å². The van der Waals surface area contributed by atoms with Gasteiger partial charge in [-0.3, -0.25) is 24.6 Å². The van der Waals surface area contributed by atoms with Crippen LogP contribution in [0.1, 0.15) is 13.8 Å². The number of fused-ring (bicyclic) bond motifs is 1. The van der Waals surface area contributed by atoms with Crippen LogP contribution in [0.3, 0.4) is 0 Å². The SMILES string of the molecule is COc1ccc(OCC(=O)N2c3ccccc3NC(=O)C2(C)C)c([N+](=O)[O-])c1. The molecule has 0 unspecified atom stereocenters. The fourth-order valence-electron chi connectivity index (χ4n) is 2.99. The van der Waals surface area contributed by atoms with E-state index in [0.29, 0.717) is 17.1 Å². The zero-order valence-corrected chi connectivity index (χ0v) is 15.6. The number of nitro benzene ring substituents is 1. The summed E-state index contributed by atoms with van der Waals surface area (Å²) in [5, 5.41) is 14.0. The molecular formula is C19H19N3O6. The zero-order valence-electron chi connectivity index (χ0n) is 15.6. The molecule has 1 aliphatic rings. The number of hydrogen-bond acceptors (Lipinski definition) is 6. The Hall–Kier alpha value is -3.62. The van der Waals surface area contributed by atoms with Crippen molar-refractivity contribution < 1.29 is 24.0 Å². The molecule has 2 aromatic carbocycles. The lowest BCUT2D eigenvalue weighted by atomic mass is 9.96. The molecule has 1 heterocycles. The Morgan fingerprint density at radius 3 is 2.64 bits per heavy atom. The van der Waals surface area contributed by atoms with Crippen LogP contribution in [0.4, 0.5) is 17.1 Å². The second-order valence-electron chi connectivity index (χ2n) is 6.64. The van der Waals surface area contributed by atoms with Gasteiger partial charge in [-0.1, -0.05) is 12.1 Å². The molecule has 9 nitrogen and oxygen atoms in total. The number of methoxy groups -OCH3 is 1. The Labute approximate surface area is 161 Å². The Bertz CT molecular complexity index is 956. The number of amides is 2. The van der Waals surface area contributed by atoms with Gasteiger partial charge in [0.1, 0.15) is 11.3 Å². The van der Waals surface area contributed by atoms with E-state index in [1.54, 1.807) is 38.1 Å². The van der Waals surface area contributed by atoms with Gasteiger partial charge >= 0.3 is 5.69 Å². The molecule has 0 atom stereocenters. The number of nitro groups is 1. The smallest absolute Gasteiger partial charge is 0.314 e. The van der Waals surface area contributed by atoms with E-state index in [1.165, 1.54) is 30.2 Å². The van der Waals surface area contributed by atoms with Gasteiger partial charge in [0.05, 0.1) is 29.5 Å². The van der Waals surface area contributed by atoms with Crippen LogP contribution in [0.5, 0.6) is 11.5 Å². The average molecular weight is 385 g/mol. The lowest BCUT2D eigenvalue weighted by Gasteiger charge is -2.41. The van der Waals surface area contributed by atoms with Crippen LogP contribution in [0.25, 0.3) is 0 Å². The average Bonchev–Trinajstić information content (AvgIpc) is 2.66. The van der Waals surface area contributed by atoms with Gasteiger partial charge in [-0.25, -0.2) is 0 Å². The lowest BCUT2D eigenvalue weighted by molar-refractivity contribution is -0.385. The van der Waals surface area contributed by atoms with Crippen molar-refractivity contribution >= 4 is 28.9 Å². The van der Waals surface area contributed by atoms with Gasteiger partial charge in [-0.15, -0.1) is 0 Å². The molecule has 0 spiro atoms. The van der Waals surface area contributed by atoms with E-state index in [0.717, 1.165) is 0 Å². The summed E-state index contributed by atoms with van der Waals surface area (Å²) in [7, 11) is 1.39. The number of carbonyl (C=O) groups is 2. The molecule has 2 aromatic rings. The second kappa shape index (κ2) is 7.18. The van der Waals surface area contributed by atoms with Gasteiger partial charge in [0.25, 0.3) is 5.91 Å². The molecule has 28 heavy (non-hydrogen) atoms. The molecule has 0 fully saturated rings.